The van der Waals surface area contributed by atoms with Gasteiger partial charge in [0.1, 0.15) is 18.2 Å². The van der Waals surface area contributed by atoms with Gasteiger partial charge in [0.15, 0.2) is 0 Å². The maximum Gasteiger partial charge on any atom is 0.248 e. The molecule has 0 bridgehead atoms. The normalized spacial score (nSPS) is 10.8. The van der Waals surface area contributed by atoms with E-state index in [2.05, 4.69) is 25.2 Å². The summed E-state index contributed by atoms with van der Waals surface area (Å²) < 4.78 is 19.5. The summed E-state index contributed by atoms with van der Waals surface area (Å²) in [7, 11) is 0. The quantitative estimate of drug-likeness (QED) is 0.238. The lowest BCUT2D eigenvalue weighted by molar-refractivity contribution is -0.111. The van der Waals surface area contributed by atoms with Crippen LogP contribution in [0.4, 0.5) is 15.8 Å². The number of aryl methyl sites for hydroxylation is 1. The number of ether oxygens (including phenoxy) is 1. The molecule has 0 heterocycles. The third-order valence-corrected chi connectivity index (χ3v) is 5.17. The lowest BCUT2D eigenvalue weighted by atomic mass is 9.99. The largest absolute Gasteiger partial charge is 0.488 e. The number of carbonyl (C=O) groups is 1. The van der Waals surface area contributed by atoms with Crippen molar-refractivity contribution in [3.8, 4) is 5.75 Å². The minimum absolute atomic E-state index is 0.285. The second-order valence-electron chi connectivity index (χ2n) is 8.09. The van der Waals surface area contributed by atoms with Crippen LogP contribution in [0, 0.1) is 12.7 Å². The monoisotopic (exact) mass is 444 g/mol. The van der Waals surface area contributed by atoms with Gasteiger partial charge in [-0.05, 0) is 68.7 Å². The summed E-state index contributed by atoms with van der Waals surface area (Å²) in [5.41, 5.74) is 12.0. The first kappa shape index (κ1) is 23.8. The molecule has 0 radical (unpaired) electrons. The Morgan fingerprint density at radius 2 is 1.79 bits per heavy atom. The molecule has 0 spiro atoms. The summed E-state index contributed by atoms with van der Waals surface area (Å²) >= 11 is 0. The number of hydrogen-bond donors (Lipinski definition) is 2. The van der Waals surface area contributed by atoms with Crippen molar-refractivity contribution in [3.05, 3.63) is 106 Å². The van der Waals surface area contributed by atoms with Crippen LogP contribution in [0.25, 0.3) is 6.08 Å². The summed E-state index contributed by atoms with van der Waals surface area (Å²) in [6.45, 7) is 6.44. The van der Waals surface area contributed by atoms with Gasteiger partial charge in [0.05, 0.1) is 11.4 Å². The van der Waals surface area contributed by atoms with E-state index in [4.69, 9.17) is 10.5 Å². The van der Waals surface area contributed by atoms with Gasteiger partial charge in [-0.15, -0.1) is 0 Å². The summed E-state index contributed by atoms with van der Waals surface area (Å²) in [6.07, 6.45) is 6.05. The average Bonchev–Trinajstić information content (AvgIpc) is 2.78. The van der Waals surface area contributed by atoms with E-state index in [0.29, 0.717) is 30.2 Å². The number of benzene rings is 3. The van der Waals surface area contributed by atoms with Gasteiger partial charge in [0.25, 0.3) is 0 Å². The van der Waals surface area contributed by atoms with E-state index < -0.39 is 0 Å². The summed E-state index contributed by atoms with van der Waals surface area (Å²) in [5, 5.41) is 2.79. The van der Waals surface area contributed by atoms with Crippen LogP contribution in [0.15, 0.2) is 78.4 Å². The highest BCUT2D eigenvalue weighted by Gasteiger charge is 2.12. The molecule has 0 aliphatic heterocycles. The number of anilines is 2. The van der Waals surface area contributed by atoms with Crippen molar-refractivity contribution in [3.63, 3.8) is 0 Å². The first-order valence-corrected chi connectivity index (χ1v) is 10.8. The molecule has 0 unspecified atom stereocenters. The number of nitrogens with two attached hydrogens (primary N) is 1. The number of hydrogen-bond acceptors (Lipinski definition) is 3. The smallest absolute Gasteiger partial charge is 0.248 e. The Morgan fingerprint density at radius 3 is 2.48 bits per heavy atom. The van der Waals surface area contributed by atoms with E-state index >= 15 is 0 Å². The van der Waals surface area contributed by atoms with Crippen molar-refractivity contribution >= 4 is 23.4 Å². The molecule has 170 valence electrons. The molecular formula is C28H29FN2O2. The lowest BCUT2D eigenvalue weighted by Crippen LogP contribution is -2.09. The van der Waals surface area contributed by atoms with E-state index in [1.165, 1.54) is 23.8 Å². The number of halogens is 1. The maximum atomic E-state index is 13.3. The van der Waals surface area contributed by atoms with Crippen molar-refractivity contribution in [2.45, 2.75) is 33.8 Å². The second-order valence-corrected chi connectivity index (χ2v) is 8.09. The van der Waals surface area contributed by atoms with Gasteiger partial charge in [0.2, 0.25) is 5.91 Å². The number of para-hydroxylation sites is 2. The fourth-order valence-electron chi connectivity index (χ4n) is 3.29. The molecule has 5 heteroatoms. The molecule has 0 aliphatic carbocycles. The minimum Gasteiger partial charge on any atom is -0.488 e. The first-order valence-electron chi connectivity index (χ1n) is 10.8. The van der Waals surface area contributed by atoms with Gasteiger partial charge in [-0.3, -0.25) is 4.79 Å². The number of amides is 1. The molecule has 0 aromatic heterocycles. The molecule has 3 rings (SSSR count). The number of nitrogens with one attached hydrogen (secondary N) is 1. The second kappa shape index (κ2) is 11.1. The Labute approximate surface area is 194 Å². The topological polar surface area (TPSA) is 64.4 Å². The zero-order valence-electron chi connectivity index (χ0n) is 19.2. The van der Waals surface area contributed by atoms with E-state index in [1.54, 1.807) is 30.3 Å². The minimum atomic E-state index is -0.288. The van der Waals surface area contributed by atoms with Crippen LogP contribution >= 0.6 is 0 Å². The molecule has 1 amide bonds. The molecule has 3 N–H and O–H groups in total. The van der Waals surface area contributed by atoms with Gasteiger partial charge in [-0.2, -0.15) is 0 Å². The highest BCUT2D eigenvalue weighted by atomic mass is 19.1. The predicted octanol–water partition coefficient (Wildman–Crippen LogP) is 6.46. The number of allylic oxidation sites excluding steroid dienone is 2. The zero-order chi connectivity index (χ0) is 23.8. The maximum absolute atomic E-state index is 13.3. The Kier molecular flexibility index (Phi) is 8.03. The molecule has 0 aliphatic rings. The molecular weight excluding hydrogens is 415 g/mol. The number of carbonyl (C=O) groups excluding carboxylic acids is 1. The third kappa shape index (κ3) is 6.81. The number of rotatable bonds is 8. The fourth-order valence-corrected chi connectivity index (χ4v) is 3.29. The average molecular weight is 445 g/mol. The first-order chi connectivity index (χ1) is 15.8. The van der Waals surface area contributed by atoms with Crippen molar-refractivity contribution in [1.29, 1.82) is 0 Å². The molecule has 33 heavy (non-hydrogen) atoms. The molecule has 3 aromatic rings. The molecule has 0 fully saturated rings. The number of nitrogen functional groups attached to an aromatic ring is 1. The highest BCUT2D eigenvalue weighted by molar-refractivity contribution is 6.03. The standard InChI is InChI=1S/C28H29FN2O2/c1-19(2)8-16-24-20(3)9-12-22(28(24)33-18-21-10-14-23(29)15-11-21)13-17-27(32)31-26-7-5-4-6-25(26)30/h4-15,17H,16,18,30H2,1-3H3,(H,31,32)/b17-13+. The predicted molar refractivity (Wildman–Crippen MR) is 134 cm³/mol. The zero-order valence-corrected chi connectivity index (χ0v) is 19.2. The van der Waals surface area contributed by atoms with Crippen molar-refractivity contribution in [2.24, 2.45) is 0 Å². The van der Waals surface area contributed by atoms with E-state index in [9.17, 15) is 9.18 Å². The Balaban J connectivity index is 1.88. The van der Waals surface area contributed by atoms with Crippen molar-refractivity contribution in [1.82, 2.24) is 0 Å². The van der Waals surface area contributed by atoms with Crippen LogP contribution in [0.1, 0.15) is 36.1 Å². The van der Waals surface area contributed by atoms with Gasteiger partial charge < -0.3 is 15.8 Å². The van der Waals surface area contributed by atoms with Gasteiger partial charge in [-0.25, -0.2) is 4.39 Å². The van der Waals surface area contributed by atoms with Gasteiger partial charge in [-0.1, -0.05) is 48.0 Å². The summed E-state index contributed by atoms with van der Waals surface area (Å²) in [5.74, 6) is 0.135. The SMILES string of the molecule is CC(C)=CCc1c(C)ccc(/C=C/C(=O)Nc2ccccc2N)c1OCc1ccc(F)cc1. The van der Waals surface area contributed by atoms with Gasteiger partial charge >= 0.3 is 0 Å². The Bertz CT molecular complexity index is 1180. The Hall–Kier alpha value is -3.86. The Morgan fingerprint density at radius 1 is 1.06 bits per heavy atom. The van der Waals surface area contributed by atoms with Crippen molar-refractivity contribution < 1.29 is 13.9 Å². The fraction of sp³-hybridized carbons (Fsp3) is 0.179. The van der Waals surface area contributed by atoms with Crippen LogP contribution in [-0.2, 0) is 17.8 Å². The summed E-state index contributed by atoms with van der Waals surface area (Å²) in [4.78, 5) is 12.5. The van der Waals surface area contributed by atoms with E-state index in [0.717, 1.165) is 22.3 Å². The molecule has 0 atom stereocenters. The molecule has 0 saturated carbocycles. The van der Waals surface area contributed by atoms with Crippen LogP contribution in [0.3, 0.4) is 0 Å². The lowest BCUT2D eigenvalue weighted by Gasteiger charge is -2.16. The van der Waals surface area contributed by atoms with Crippen LogP contribution in [0.2, 0.25) is 0 Å². The third-order valence-electron chi connectivity index (χ3n) is 5.17. The highest BCUT2D eigenvalue weighted by Crippen LogP contribution is 2.30. The van der Waals surface area contributed by atoms with E-state index in [1.807, 2.05) is 31.2 Å². The van der Waals surface area contributed by atoms with Crippen LogP contribution in [-0.4, -0.2) is 5.91 Å². The molecule has 3 aromatic carbocycles. The molecule has 4 nitrogen and oxygen atoms in total. The van der Waals surface area contributed by atoms with Crippen LogP contribution < -0.4 is 15.8 Å². The van der Waals surface area contributed by atoms with Gasteiger partial charge in [0, 0.05) is 17.2 Å². The van der Waals surface area contributed by atoms with Crippen molar-refractivity contribution in [2.75, 3.05) is 11.1 Å². The van der Waals surface area contributed by atoms with E-state index in [-0.39, 0.29) is 11.7 Å². The molecule has 0 saturated heterocycles. The van der Waals surface area contributed by atoms with Crippen LogP contribution in [0.5, 0.6) is 5.75 Å². The summed E-state index contributed by atoms with van der Waals surface area (Å²) in [6, 6.07) is 17.3.